The van der Waals surface area contributed by atoms with Crippen LogP contribution in [-0.2, 0) is 4.74 Å². The van der Waals surface area contributed by atoms with Crippen LogP contribution < -0.4 is 10.3 Å². The highest BCUT2D eigenvalue weighted by molar-refractivity contribution is 5.15. The Kier molecular flexibility index (Phi) is 2.22. The fourth-order valence-electron chi connectivity index (χ4n) is 2.16. The van der Waals surface area contributed by atoms with Crippen LogP contribution in [0.2, 0.25) is 0 Å². The molecule has 0 amide bonds. The quantitative estimate of drug-likeness (QED) is 0.624. The molecule has 2 unspecified atom stereocenters. The third kappa shape index (κ3) is 1.40. The van der Waals surface area contributed by atoms with Gasteiger partial charge in [0.25, 0.3) is 5.56 Å². The van der Waals surface area contributed by atoms with Gasteiger partial charge in [0.1, 0.15) is 12.2 Å². The molecule has 2 N–H and O–H groups in total. The van der Waals surface area contributed by atoms with E-state index in [-0.39, 0.29) is 18.2 Å². The number of aliphatic hydroxyl groups is 2. The van der Waals surface area contributed by atoms with Gasteiger partial charge in [-0.1, -0.05) is 0 Å². The van der Waals surface area contributed by atoms with Gasteiger partial charge in [-0.15, -0.1) is 0 Å². The molecule has 1 saturated heterocycles. The molecule has 1 aromatic rings. The van der Waals surface area contributed by atoms with Crippen LogP contribution in [0.25, 0.3) is 0 Å². The number of rotatable bonds is 1. The van der Waals surface area contributed by atoms with E-state index in [1.807, 2.05) is 0 Å². The first kappa shape index (κ1) is 10.7. The Morgan fingerprint density at radius 1 is 1.59 bits per heavy atom. The van der Waals surface area contributed by atoms with Crippen LogP contribution in [0.5, 0.6) is 6.01 Å². The third-order valence-electron chi connectivity index (χ3n) is 3.10. The fraction of sp³-hybridized carbons (Fsp3) is 0.600. The Hall–Kier alpha value is -1.44. The van der Waals surface area contributed by atoms with Gasteiger partial charge in [-0.25, -0.2) is 0 Å². The number of aromatic nitrogens is 2. The molecule has 1 aromatic heterocycles. The normalized spacial score (nSPS) is 34.3. The summed E-state index contributed by atoms with van der Waals surface area (Å²) in [6.45, 7) is 1.37. The van der Waals surface area contributed by atoms with Crippen molar-refractivity contribution in [3.63, 3.8) is 0 Å². The average molecular weight is 240 g/mol. The van der Waals surface area contributed by atoms with Crippen LogP contribution in [-0.4, -0.2) is 44.7 Å². The molecule has 2 aliphatic rings. The number of aliphatic hydroxyl groups excluding tert-OH is 2. The molecular formula is C10H12N2O5. The number of ether oxygens (including phenoxy) is 2. The lowest BCUT2D eigenvalue weighted by molar-refractivity contribution is -0.0435. The summed E-state index contributed by atoms with van der Waals surface area (Å²) in [5.41, 5.74) is 0.118. The second-order valence-corrected chi connectivity index (χ2v) is 4.24. The molecule has 0 aliphatic carbocycles. The first-order chi connectivity index (χ1) is 8.11. The van der Waals surface area contributed by atoms with E-state index in [9.17, 15) is 9.90 Å². The number of hydrogen-bond donors (Lipinski definition) is 2. The van der Waals surface area contributed by atoms with Crippen molar-refractivity contribution in [3.8, 4) is 6.01 Å². The zero-order valence-electron chi connectivity index (χ0n) is 9.11. The van der Waals surface area contributed by atoms with Crippen molar-refractivity contribution in [2.24, 2.45) is 0 Å². The second kappa shape index (κ2) is 3.52. The van der Waals surface area contributed by atoms with Crippen LogP contribution in [0.4, 0.5) is 0 Å². The number of nitrogens with zero attached hydrogens (tertiary/aromatic N) is 2. The maximum absolute atomic E-state index is 11.4. The molecule has 3 heterocycles. The minimum absolute atomic E-state index is 0.144. The molecule has 7 heteroatoms. The van der Waals surface area contributed by atoms with Gasteiger partial charge in [0.05, 0.1) is 6.61 Å². The maximum Gasteiger partial charge on any atom is 0.302 e. The van der Waals surface area contributed by atoms with Crippen molar-refractivity contribution in [1.29, 1.82) is 0 Å². The third-order valence-corrected chi connectivity index (χ3v) is 3.10. The van der Waals surface area contributed by atoms with E-state index < -0.39 is 24.5 Å². The molecule has 92 valence electrons. The lowest BCUT2D eigenvalue weighted by atomic mass is 10.1. The maximum atomic E-state index is 11.4. The second-order valence-electron chi connectivity index (χ2n) is 4.24. The van der Waals surface area contributed by atoms with Crippen LogP contribution in [0.15, 0.2) is 11.0 Å². The highest BCUT2D eigenvalue weighted by Crippen LogP contribution is 2.38. The Morgan fingerprint density at radius 2 is 2.35 bits per heavy atom. The van der Waals surface area contributed by atoms with Crippen molar-refractivity contribution in [2.45, 2.75) is 31.5 Å². The largest absolute Gasteiger partial charge is 0.453 e. The predicted octanol–water partition coefficient (Wildman–Crippen LogP) is -1.44. The number of hydrogen-bond acceptors (Lipinski definition) is 6. The SMILES string of the molecule is Cc1cn2c(nc1=O)OC1C(O)[C@@H](CO)O[C@H]12. The minimum atomic E-state index is -0.929. The molecule has 0 saturated carbocycles. The van der Waals surface area contributed by atoms with E-state index in [1.54, 1.807) is 17.7 Å². The zero-order chi connectivity index (χ0) is 12.2. The van der Waals surface area contributed by atoms with E-state index >= 15 is 0 Å². The molecule has 0 bridgehead atoms. The molecule has 2 aliphatic heterocycles. The van der Waals surface area contributed by atoms with Gasteiger partial charge in [0.2, 0.25) is 0 Å². The van der Waals surface area contributed by atoms with Crippen molar-refractivity contribution < 1.29 is 19.7 Å². The fourth-order valence-corrected chi connectivity index (χ4v) is 2.16. The first-order valence-electron chi connectivity index (χ1n) is 5.32. The lowest BCUT2D eigenvalue weighted by Gasteiger charge is -2.14. The summed E-state index contributed by atoms with van der Waals surface area (Å²) >= 11 is 0. The standard InChI is InChI=1S/C10H12N2O5/c1-4-2-12-9-7(6(14)5(3-13)16-9)17-10(12)11-8(4)15/h2,5-7,9,13-14H,3H2,1H3/t5-,6?,7?,9-/m1/s1. The highest BCUT2D eigenvalue weighted by atomic mass is 16.6. The molecule has 17 heavy (non-hydrogen) atoms. The molecule has 4 atom stereocenters. The van der Waals surface area contributed by atoms with E-state index in [0.29, 0.717) is 5.56 Å². The highest BCUT2D eigenvalue weighted by Gasteiger charge is 2.50. The van der Waals surface area contributed by atoms with Crippen molar-refractivity contribution in [1.82, 2.24) is 9.55 Å². The monoisotopic (exact) mass is 240 g/mol. The summed E-state index contributed by atoms with van der Waals surface area (Å²) in [7, 11) is 0. The molecule has 3 rings (SSSR count). The molecule has 0 spiro atoms. The van der Waals surface area contributed by atoms with Crippen LogP contribution in [0.3, 0.4) is 0 Å². The van der Waals surface area contributed by atoms with Crippen LogP contribution in [0.1, 0.15) is 11.8 Å². The van der Waals surface area contributed by atoms with Gasteiger partial charge < -0.3 is 19.7 Å². The topological polar surface area (TPSA) is 93.8 Å². The Morgan fingerprint density at radius 3 is 3.06 bits per heavy atom. The summed E-state index contributed by atoms with van der Waals surface area (Å²) < 4.78 is 12.4. The van der Waals surface area contributed by atoms with Gasteiger partial charge >= 0.3 is 6.01 Å². The summed E-state index contributed by atoms with van der Waals surface area (Å²) in [4.78, 5) is 15.1. The molecule has 0 aromatic carbocycles. The molecular weight excluding hydrogens is 228 g/mol. The molecule has 7 nitrogen and oxygen atoms in total. The smallest absolute Gasteiger partial charge is 0.302 e. The van der Waals surface area contributed by atoms with E-state index in [4.69, 9.17) is 14.6 Å². The number of aryl methyl sites for hydroxylation is 1. The van der Waals surface area contributed by atoms with Gasteiger partial charge in [-0.2, -0.15) is 4.98 Å². The van der Waals surface area contributed by atoms with Crippen molar-refractivity contribution in [3.05, 3.63) is 22.1 Å². The average Bonchev–Trinajstić information content (AvgIpc) is 2.78. The molecule has 1 fully saturated rings. The van der Waals surface area contributed by atoms with Crippen molar-refractivity contribution in [2.75, 3.05) is 6.61 Å². The van der Waals surface area contributed by atoms with E-state index in [1.165, 1.54) is 0 Å². The zero-order valence-corrected chi connectivity index (χ0v) is 9.11. The van der Waals surface area contributed by atoms with E-state index in [0.717, 1.165) is 0 Å². The Labute approximate surface area is 96.2 Å². The molecule has 0 radical (unpaired) electrons. The van der Waals surface area contributed by atoms with Crippen LogP contribution >= 0.6 is 0 Å². The van der Waals surface area contributed by atoms with Crippen LogP contribution in [0, 0.1) is 6.92 Å². The van der Waals surface area contributed by atoms with Crippen molar-refractivity contribution >= 4 is 0 Å². The predicted molar refractivity (Wildman–Crippen MR) is 54.7 cm³/mol. The minimum Gasteiger partial charge on any atom is -0.453 e. The number of fused-ring (bicyclic) bond motifs is 3. The Bertz CT molecular complexity index is 514. The summed E-state index contributed by atoms with van der Waals surface area (Å²) in [6.07, 6.45) is -1.17. The summed E-state index contributed by atoms with van der Waals surface area (Å²) in [5, 5.41) is 18.9. The van der Waals surface area contributed by atoms with Gasteiger partial charge in [0.15, 0.2) is 12.3 Å². The van der Waals surface area contributed by atoms with Gasteiger partial charge in [0, 0.05) is 11.8 Å². The lowest BCUT2D eigenvalue weighted by Crippen LogP contribution is -2.34. The summed E-state index contributed by atoms with van der Waals surface area (Å²) in [6, 6.07) is 0.144. The summed E-state index contributed by atoms with van der Waals surface area (Å²) in [5.74, 6) is 0. The Balaban J connectivity index is 2.02. The van der Waals surface area contributed by atoms with Gasteiger partial charge in [-0.3, -0.25) is 9.36 Å². The first-order valence-corrected chi connectivity index (χ1v) is 5.32. The van der Waals surface area contributed by atoms with Gasteiger partial charge in [-0.05, 0) is 6.92 Å². The van der Waals surface area contributed by atoms with E-state index in [2.05, 4.69) is 4.98 Å².